The molecule has 3 fully saturated rings. The van der Waals surface area contributed by atoms with Crippen molar-refractivity contribution in [1.29, 1.82) is 0 Å². The van der Waals surface area contributed by atoms with Gasteiger partial charge in [-0.25, -0.2) is 4.98 Å². The third-order valence-electron chi connectivity index (χ3n) is 6.11. The predicted octanol–water partition coefficient (Wildman–Crippen LogP) is 0.978. The number of aromatic nitrogens is 2. The standard InChI is InChI=1S/C18H20N4O4/c1-10(23)20-7-12-13-8-22(9-18(13)5-4-14(12)25-18)17(24)15-11-3-2-6-19-16(11)21-26-15/h2-3,6,12-14H,4-5,7-9H2,1H3,(H,20,23)/t12-,13+,14+,18+/m0/s1. The molecule has 2 amide bonds. The average Bonchev–Trinajstić information content (AvgIpc) is 3.37. The number of carbonyl (C=O) groups is 2. The van der Waals surface area contributed by atoms with Gasteiger partial charge in [0.25, 0.3) is 5.91 Å². The molecule has 3 aliphatic heterocycles. The fraction of sp³-hybridized carbons (Fsp3) is 0.556. The molecular formula is C18H20N4O4. The summed E-state index contributed by atoms with van der Waals surface area (Å²) in [6, 6.07) is 3.56. The fourth-order valence-corrected chi connectivity index (χ4v) is 4.96. The molecule has 2 aromatic rings. The van der Waals surface area contributed by atoms with Gasteiger partial charge in [-0.05, 0) is 25.0 Å². The second kappa shape index (κ2) is 5.51. The van der Waals surface area contributed by atoms with E-state index in [1.165, 1.54) is 6.92 Å². The van der Waals surface area contributed by atoms with Crippen LogP contribution >= 0.6 is 0 Å². The van der Waals surface area contributed by atoms with Gasteiger partial charge in [-0.1, -0.05) is 5.16 Å². The number of ether oxygens (including phenoxy) is 1. The van der Waals surface area contributed by atoms with Crippen LogP contribution in [0.1, 0.15) is 30.3 Å². The second-order valence-electron chi connectivity index (χ2n) is 7.54. The van der Waals surface area contributed by atoms with Gasteiger partial charge in [0.15, 0.2) is 0 Å². The molecule has 0 radical (unpaired) electrons. The van der Waals surface area contributed by atoms with E-state index < -0.39 is 0 Å². The lowest BCUT2D eigenvalue weighted by Gasteiger charge is -2.29. The predicted molar refractivity (Wildman–Crippen MR) is 90.2 cm³/mol. The molecule has 0 unspecified atom stereocenters. The van der Waals surface area contributed by atoms with Crippen molar-refractivity contribution in [2.24, 2.45) is 11.8 Å². The summed E-state index contributed by atoms with van der Waals surface area (Å²) in [5.41, 5.74) is 0.159. The van der Waals surface area contributed by atoms with Crippen molar-refractivity contribution < 1.29 is 18.8 Å². The zero-order chi connectivity index (χ0) is 17.9. The second-order valence-corrected chi connectivity index (χ2v) is 7.54. The van der Waals surface area contributed by atoms with Gasteiger partial charge in [0, 0.05) is 38.0 Å². The maximum Gasteiger partial charge on any atom is 0.293 e. The summed E-state index contributed by atoms with van der Waals surface area (Å²) in [5.74, 6) is 0.517. The Morgan fingerprint density at radius 2 is 2.35 bits per heavy atom. The van der Waals surface area contributed by atoms with Crippen LogP contribution in [-0.4, -0.2) is 58.2 Å². The largest absolute Gasteiger partial charge is 0.369 e. The molecule has 26 heavy (non-hydrogen) atoms. The molecule has 0 aliphatic carbocycles. The van der Waals surface area contributed by atoms with Gasteiger partial charge in [-0.3, -0.25) is 9.59 Å². The number of amides is 2. The van der Waals surface area contributed by atoms with E-state index in [9.17, 15) is 9.59 Å². The molecule has 0 aromatic carbocycles. The smallest absolute Gasteiger partial charge is 0.293 e. The van der Waals surface area contributed by atoms with Crippen LogP contribution in [-0.2, 0) is 9.53 Å². The van der Waals surface area contributed by atoms with Crippen LogP contribution in [0, 0.1) is 11.8 Å². The quantitative estimate of drug-likeness (QED) is 0.880. The molecule has 5 heterocycles. The SMILES string of the molecule is CC(=O)NC[C@H]1[C@H]2CN(C(=O)c3onc4ncccc34)C[C@]23CC[C@H]1O3. The molecule has 0 saturated carbocycles. The minimum Gasteiger partial charge on any atom is -0.369 e. The maximum atomic E-state index is 13.0. The van der Waals surface area contributed by atoms with E-state index in [0.717, 1.165) is 12.8 Å². The van der Waals surface area contributed by atoms with Gasteiger partial charge in [0.05, 0.1) is 23.6 Å². The molecule has 1 spiro atoms. The number of hydrogen-bond acceptors (Lipinski definition) is 6. The van der Waals surface area contributed by atoms with Crippen molar-refractivity contribution in [2.45, 2.75) is 31.5 Å². The molecule has 4 atom stereocenters. The van der Waals surface area contributed by atoms with E-state index in [-0.39, 0.29) is 41.1 Å². The van der Waals surface area contributed by atoms with Crippen LogP contribution < -0.4 is 5.32 Å². The highest BCUT2D eigenvalue weighted by Gasteiger charge is 2.63. The molecule has 2 aromatic heterocycles. The Balaban J connectivity index is 1.39. The first-order chi connectivity index (χ1) is 12.6. The summed E-state index contributed by atoms with van der Waals surface area (Å²) >= 11 is 0. The summed E-state index contributed by atoms with van der Waals surface area (Å²) < 4.78 is 11.6. The van der Waals surface area contributed by atoms with Gasteiger partial charge < -0.3 is 19.5 Å². The number of pyridine rings is 1. The summed E-state index contributed by atoms with van der Waals surface area (Å²) in [4.78, 5) is 30.3. The normalized spacial score (nSPS) is 32.2. The van der Waals surface area contributed by atoms with Gasteiger partial charge >= 0.3 is 0 Å². The third-order valence-corrected chi connectivity index (χ3v) is 6.11. The average molecular weight is 356 g/mol. The van der Waals surface area contributed by atoms with E-state index in [2.05, 4.69) is 15.5 Å². The molecular weight excluding hydrogens is 336 g/mol. The Morgan fingerprint density at radius 1 is 1.46 bits per heavy atom. The molecule has 3 saturated heterocycles. The Labute approximate surface area is 149 Å². The Bertz CT molecular complexity index is 896. The van der Waals surface area contributed by atoms with Gasteiger partial charge in [0.2, 0.25) is 17.3 Å². The van der Waals surface area contributed by atoms with Crippen LogP contribution in [0.25, 0.3) is 11.0 Å². The van der Waals surface area contributed by atoms with Gasteiger partial charge in [-0.15, -0.1) is 0 Å². The highest BCUT2D eigenvalue weighted by atomic mass is 16.5. The number of nitrogens with one attached hydrogen (secondary N) is 1. The first-order valence-electron chi connectivity index (χ1n) is 8.99. The van der Waals surface area contributed by atoms with E-state index >= 15 is 0 Å². The van der Waals surface area contributed by atoms with Crippen molar-refractivity contribution in [1.82, 2.24) is 20.4 Å². The van der Waals surface area contributed by atoms with Crippen LogP contribution in [0.15, 0.2) is 22.9 Å². The van der Waals surface area contributed by atoms with Crippen LogP contribution in [0.5, 0.6) is 0 Å². The van der Waals surface area contributed by atoms with Crippen molar-refractivity contribution in [3.05, 3.63) is 24.1 Å². The minimum atomic E-state index is -0.280. The molecule has 8 nitrogen and oxygen atoms in total. The summed E-state index contributed by atoms with van der Waals surface area (Å²) in [6.45, 7) is 3.30. The number of likely N-dealkylation sites (tertiary alicyclic amines) is 1. The molecule has 8 heteroatoms. The Kier molecular flexibility index (Phi) is 3.34. The number of nitrogens with zero attached hydrogens (tertiary/aromatic N) is 3. The molecule has 1 N–H and O–H groups in total. The van der Waals surface area contributed by atoms with E-state index in [0.29, 0.717) is 30.7 Å². The third kappa shape index (κ3) is 2.18. The van der Waals surface area contributed by atoms with Crippen LogP contribution in [0.3, 0.4) is 0 Å². The van der Waals surface area contributed by atoms with E-state index in [4.69, 9.17) is 9.26 Å². The van der Waals surface area contributed by atoms with E-state index in [1.807, 2.05) is 0 Å². The van der Waals surface area contributed by atoms with Crippen LogP contribution in [0.2, 0.25) is 0 Å². The lowest BCUT2D eigenvalue weighted by atomic mass is 9.73. The molecule has 5 rings (SSSR count). The molecule has 136 valence electrons. The van der Waals surface area contributed by atoms with Gasteiger partial charge in [-0.2, -0.15) is 0 Å². The Morgan fingerprint density at radius 3 is 3.19 bits per heavy atom. The topological polar surface area (TPSA) is 97.6 Å². The maximum absolute atomic E-state index is 13.0. The highest BCUT2D eigenvalue weighted by Crippen LogP contribution is 2.54. The van der Waals surface area contributed by atoms with E-state index in [1.54, 1.807) is 23.2 Å². The van der Waals surface area contributed by atoms with Crippen molar-refractivity contribution in [2.75, 3.05) is 19.6 Å². The summed E-state index contributed by atoms with van der Waals surface area (Å²) in [7, 11) is 0. The monoisotopic (exact) mass is 356 g/mol. The number of fused-ring (bicyclic) bond motifs is 2. The van der Waals surface area contributed by atoms with Gasteiger partial charge in [0.1, 0.15) is 0 Å². The minimum absolute atomic E-state index is 0.0339. The number of rotatable bonds is 3. The zero-order valence-electron chi connectivity index (χ0n) is 14.5. The first kappa shape index (κ1) is 15.7. The van der Waals surface area contributed by atoms with Crippen molar-refractivity contribution in [3.8, 4) is 0 Å². The first-order valence-corrected chi connectivity index (χ1v) is 8.99. The molecule has 2 bridgehead atoms. The Hall–Kier alpha value is -2.48. The number of carbonyl (C=O) groups excluding carboxylic acids is 2. The zero-order valence-corrected chi connectivity index (χ0v) is 14.5. The van der Waals surface area contributed by atoms with Crippen molar-refractivity contribution in [3.63, 3.8) is 0 Å². The summed E-state index contributed by atoms with van der Waals surface area (Å²) in [6.07, 6.45) is 3.75. The summed E-state index contributed by atoms with van der Waals surface area (Å²) in [5, 5.41) is 7.43. The van der Waals surface area contributed by atoms with Crippen LogP contribution in [0.4, 0.5) is 0 Å². The van der Waals surface area contributed by atoms with Crippen molar-refractivity contribution >= 4 is 22.8 Å². The highest BCUT2D eigenvalue weighted by molar-refractivity contribution is 6.02. The lowest BCUT2D eigenvalue weighted by molar-refractivity contribution is -0.119. The molecule has 3 aliphatic rings. The lowest BCUT2D eigenvalue weighted by Crippen LogP contribution is -2.41. The number of hydrogen-bond donors (Lipinski definition) is 1. The fourth-order valence-electron chi connectivity index (χ4n) is 4.96.